The van der Waals surface area contributed by atoms with Crippen LogP contribution in [0.3, 0.4) is 0 Å². The molecule has 20 heavy (non-hydrogen) atoms. The highest BCUT2D eigenvalue weighted by atomic mass is 15.3. The van der Waals surface area contributed by atoms with Gasteiger partial charge in [-0.05, 0) is 43.0 Å². The molecule has 3 rings (SSSR count). The van der Waals surface area contributed by atoms with Gasteiger partial charge in [0.25, 0.3) is 0 Å². The normalized spacial score (nSPS) is 22.4. The van der Waals surface area contributed by atoms with Crippen LogP contribution in [0, 0.1) is 12.3 Å². The topological polar surface area (TPSA) is 6.48 Å². The van der Waals surface area contributed by atoms with Gasteiger partial charge in [-0.25, -0.2) is 0 Å². The van der Waals surface area contributed by atoms with E-state index in [2.05, 4.69) is 62.7 Å². The van der Waals surface area contributed by atoms with Gasteiger partial charge in [-0.15, -0.1) is 0 Å². The van der Waals surface area contributed by atoms with E-state index in [9.17, 15) is 0 Å². The molecule has 2 heteroatoms. The Kier molecular flexibility index (Phi) is 3.13. The molecule has 2 aliphatic heterocycles. The maximum atomic E-state index is 2.61. The molecule has 0 bridgehead atoms. The van der Waals surface area contributed by atoms with Crippen molar-refractivity contribution in [2.75, 3.05) is 38.1 Å². The van der Waals surface area contributed by atoms with Crippen molar-refractivity contribution in [2.45, 2.75) is 39.5 Å². The predicted octanol–water partition coefficient (Wildman–Crippen LogP) is 3.43. The fourth-order valence-corrected chi connectivity index (χ4v) is 3.97. The zero-order valence-corrected chi connectivity index (χ0v) is 13.7. The van der Waals surface area contributed by atoms with Crippen LogP contribution in [0.15, 0.2) is 18.2 Å². The Hall–Kier alpha value is -1.02. The lowest BCUT2D eigenvalue weighted by Crippen LogP contribution is -2.55. The largest absolute Gasteiger partial charge is 0.371 e. The molecule has 0 unspecified atom stereocenters. The van der Waals surface area contributed by atoms with Crippen LogP contribution in [0.4, 0.5) is 5.69 Å². The first-order chi connectivity index (χ1) is 9.29. The Morgan fingerprint density at radius 3 is 2.35 bits per heavy atom. The average Bonchev–Trinajstić information content (AvgIpc) is 2.72. The summed E-state index contributed by atoms with van der Waals surface area (Å²) < 4.78 is 0. The Morgan fingerprint density at radius 2 is 1.80 bits per heavy atom. The molecule has 1 aromatic rings. The number of anilines is 1. The summed E-state index contributed by atoms with van der Waals surface area (Å²) in [5.41, 5.74) is 5.15. The fraction of sp³-hybridized carbons (Fsp3) is 0.667. The third-order valence-electron chi connectivity index (χ3n) is 5.05. The summed E-state index contributed by atoms with van der Waals surface area (Å²) in [6.07, 6.45) is 1.36. The monoisotopic (exact) mass is 272 g/mol. The second-order valence-electron chi connectivity index (χ2n) is 8.10. The molecule has 1 spiro atoms. The van der Waals surface area contributed by atoms with Gasteiger partial charge in [-0.2, -0.15) is 0 Å². The van der Waals surface area contributed by atoms with E-state index in [1.54, 1.807) is 0 Å². The molecule has 0 radical (unpaired) electrons. The molecule has 2 aliphatic rings. The van der Waals surface area contributed by atoms with Crippen molar-refractivity contribution < 1.29 is 0 Å². The van der Waals surface area contributed by atoms with Gasteiger partial charge >= 0.3 is 0 Å². The van der Waals surface area contributed by atoms with E-state index >= 15 is 0 Å². The van der Waals surface area contributed by atoms with Crippen molar-refractivity contribution in [2.24, 2.45) is 5.41 Å². The highest BCUT2D eigenvalue weighted by Gasteiger charge is 2.46. The summed E-state index contributed by atoms with van der Waals surface area (Å²) in [6, 6.07) is 7.05. The van der Waals surface area contributed by atoms with Gasteiger partial charge in [0.15, 0.2) is 0 Å². The molecule has 110 valence electrons. The molecule has 0 aromatic heterocycles. The van der Waals surface area contributed by atoms with Gasteiger partial charge in [-0.1, -0.05) is 32.9 Å². The molecule has 2 fully saturated rings. The number of benzene rings is 1. The van der Waals surface area contributed by atoms with E-state index in [1.165, 1.54) is 49.4 Å². The van der Waals surface area contributed by atoms with Crippen molar-refractivity contribution in [1.29, 1.82) is 0 Å². The number of aryl methyl sites for hydroxylation is 1. The van der Waals surface area contributed by atoms with Gasteiger partial charge in [-0.3, -0.25) is 0 Å². The van der Waals surface area contributed by atoms with Crippen molar-refractivity contribution in [3.8, 4) is 0 Å². The van der Waals surface area contributed by atoms with Crippen LogP contribution in [-0.4, -0.2) is 38.1 Å². The Morgan fingerprint density at radius 1 is 1.10 bits per heavy atom. The molecule has 0 saturated carbocycles. The van der Waals surface area contributed by atoms with E-state index in [1.807, 2.05) is 0 Å². The van der Waals surface area contributed by atoms with Crippen molar-refractivity contribution in [1.82, 2.24) is 4.90 Å². The summed E-state index contributed by atoms with van der Waals surface area (Å²) in [4.78, 5) is 5.05. The Balaban J connectivity index is 1.79. The van der Waals surface area contributed by atoms with Crippen molar-refractivity contribution >= 4 is 5.69 Å². The third kappa shape index (κ3) is 2.35. The molecule has 2 heterocycles. The molecule has 0 atom stereocenters. The smallest absolute Gasteiger partial charge is 0.0396 e. The number of rotatable bonds is 1. The lowest BCUT2D eigenvalue weighted by molar-refractivity contribution is 0.0424. The molecule has 0 N–H and O–H groups in total. The number of hydrogen-bond donors (Lipinski definition) is 0. The highest BCUT2D eigenvalue weighted by molar-refractivity contribution is 5.56. The fourth-order valence-electron chi connectivity index (χ4n) is 3.97. The van der Waals surface area contributed by atoms with Crippen molar-refractivity contribution in [3.05, 3.63) is 29.3 Å². The molecular formula is C18H28N2. The van der Waals surface area contributed by atoms with E-state index in [0.717, 1.165) is 0 Å². The van der Waals surface area contributed by atoms with E-state index in [4.69, 9.17) is 0 Å². The van der Waals surface area contributed by atoms with Crippen LogP contribution in [-0.2, 0) is 5.41 Å². The summed E-state index contributed by atoms with van der Waals surface area (Å²) in [6.45, 7) is 14.2. The lowest BCUT2D eigenvalue weighted by Gasteiger charge is -2.46. The second kappa shape index (κ2) is 4.49. The van der Waals surface area contributed by atoms with Crippen LogP contribution in [0.5, 0.6) is 0 Å². The Labute approximate surface area is 123 Å². The molecule has 0 aliphatic carbocycles. The number of likely N-dealkylation sites (tertiary alicyclic amines) is 1. The predicted molar refractivity (Wildman–Crippen MR) is 86.6 cm³/mol. The molecule has 2 saturated heterocycles. The maximum Gasteiger partial charge on any atom is 0.0396 e. The van der Waals surface area contributed by atoms with Gasteiger partial charge in [0.2, 0.25) is 0 Å². The van der Waals surface area contributed by atoms with Gasteiger partial charge in [0.05, 0.1) is 0 Å². The summed E-state index contributed by atoms with van der Waals surface area (Å²) >= 11 is 0. The molecular weight excluding hydrogens is 244 g/mol. The lowest BCUT2D eigenvalue weighted by atomic mass is 9.79. The van der Waals surface area contributed by atoms with Crippen LogP contribution in [0.25, 0.3) is 0 Å². The minimum Gasteiger partial charge on any atom is -0.371 e. The maximum absolute atomic E-state index is 2.61. The van der Waals surface area contributed by atoms with Gasteiger partial charge in [0.1, 0.15) is 0 Å². The zero-order chi connectivity index (χ0) is 14.5. The minimum absolute atomic E-state index is 0.242. The van der Waals surface area contributed by atoms with Crippen LogP contribution in [0.1, 0.15) is 38.3 Å². The summed E-state index contributed by atoms with van der Waals surface area (Å²) in [5.74, 6) is 0. The van der Waals surface area contributed by atoms with E-state index in [0.29, 0.717) is 5.41 Å². The zero-order valence-electron chi connectivity index (χ0n) is 13.7. The standard InChI is InChI=1S/C18H28N2/c1-14-10-15(17(2,3)4)6-7-16(14)20-9-8-18(13-20)11-19(5)12-18/h6-7,10H,8-9,11-13H2,1-5H3. The summed E-state index contributed by atoms with van der Waals surface area (Å²) in [5, 5.41) is 0. The number of nitrogens with zero attached hydrogens (tertiary/aromatic N) is 2. The van der Waals surface area contributed by atoms with Crippen molar-refractivity contribution in [3.63, 3.8) is 0 Å². The van der Waals surface area contributed by atoms with Crippen LogP contribution < -0.4 is 4.90 Å². The van der Waals surface area contributed by atoms with Crippen LogP contribution in [0.2, 0.25) is 0 Å². The first-order valence-corrected chi connectivity index (χ1v) is 7.84. The number of hydrogen-bond acceptors (Lipinski definition) is 2. The second-order valence-corrected chi connectivity index (χ2v) is 8.10. The molecule has 0 amide bonds. The highest BCUT2D eigenvalue weighted by Crippen LogP contribution is 2.41. The molecule has 2 nitrogen and oxygen atoms in total. The van der Waals surface area contributed by atoms with Gasteiger partial charge in [0, 0.05) is 37.3 Å². The van der Waals surface area contributed by atoms with Crippen LogP contribution >= 0.6 is 0 Å². The first kappa shape index (κ1) is 13.9. The third-order valence-corrected chi connectivity index (χ3v) is 5.05. The molecule has 1 aromatic carbocycles. The van der Waals surface area contributed by atoms with E-state index in [-0.39, 0.29) is 5.41 Å². The quantitative estimate of drug-likeness (QED) is 0.773. The Bertz CT molecular complexity index is 507. The average molecular weight is 272 g/mol. The van der Waals surface area contributed by atoms with E-state index < -0.39 is 0 Å². The van der Waals surface area contributed by atoms with Gasteiger partial charge < -0.3 is 9.80 Å². The SMILES string of the molecule is Cc1cc(C(C)(C)C)ccc1N1CCC2(CN(C)C2)C1. The first-order valence-electron chi connectivity index (χ1n) is 7.84. The minimum atomic E-state index is 0.242. The summed E-state index contributed by atoms with van der Waals surface area (Å²) in [7, 11) is 2.23.